The molecule has 2 aromatic carbocycles. The number of nitro benzene ring substituents is 1. The normalized spacial score (nSPS) is 10.4. The first kappa shape index (κ1) is 22.1. The number of aromatic nitrogens is 2. The maximum absolute atomic E-state index is 12.4. The Bertz CT molecular complexity index is 1140. The van der Waals surface area contributed by atoms with Gasteiger partial charge in [-0.15, -0.1) is 10.2 Å². The van der Waals surface area contributed by atoms with Gasteiger partial charge in [-0.1, -0.05) is 29.0 Å². The molecule has 1 heterocycles. The van der Waals surface area contributed by atoms with Crippen molar-refractivity contribution in [3.63, 3.8) is 0 Å². The van der Waals surface area contributed by atoms with Gasteiger partial charge in [0.15, 0.2) is 0 Å². The number of rotatable bonds is 8. The number of methoxy groups -OCH3 is 1. The van der Waals surface area contributed by atoms with Crippen molar-refractivity contribution in [2.24, 2.45) is 0 Å². The Morgan fingerprint density at radius 2 is 2.00 bits per heavy atom. The highest BCUT2D eigenvalue weighted by molar-refractivity contribution is 7.15. The molecule has 0 bridgehead atoms. The number of amides is 2. The third-order valence-electron chi connectivity index (χ3n) is 4.05. The number of ether oxygens (including phenoxy) is 1. The smallest absolute Gasteiger partial charge is 0.270 e. The van der Waals surface area contributed by atoms with Crippen molar-refractivity contribution in [3.8, 4) is 5.75 Å². The molecule has 0 fully saturated rings. The van der Waals surface area contributed by atoms with Gasteiger partial charge in [0, 0.05) is 30.7 Å². The first-order valence-electron chi connectivity index (χ1n) is 8.87. The zero-order valence-corrected chi connectivity index (χ0v) is 17.7. The van der Waals surface area contributed by atoms with E-state index in [2.05, 4.69) is 20.8 Å². The second-order valence-electron chi connectivity index (χ2n) is 6.11. The van der Waals surface area contributed by atoms with E-state index in [9.17, 15) is 19.7 Å². The van der Waals surface area contributed by atoms with Crippen LogP contribution in [0.4, 0.5) is 10.8 Å². The summed E-state index contributed by atoms with van der Waals surface area (Å²) in [4.78, 5) is 34.9. The lowest BCUT2D eigenvalue weighted by Gasteiger charge is -2.05. The quantitative estimate of drug-likeness (QED) is 0.387. The van der Waals surface area contributed by atoms with Gasteiger partial charge in [0.25, 0.3) is 17.5 Å². The molecule has 1 aromatic heterocycles. The topological polar surface area (TPSA) is 136 Å². The van der Waals surface area contributed by atoms with Crippen molar-refractivity contribution in [3.05, 3.63) is 73.7 Å². The standard InChI is InChI=1S/C19H16ClN5O5S/c1-30-13-4-2-3-11(9-13)17(26)21-8-7-16-23-24-19(31-16)22-18(27)14-10-12(25(28)29)5-6-15(14)20/h2-6,9-10H,7-8H2,1H3,(H,21,26)(H,22,24,27). The van der Waals surface area contributed by atoms with Crippen molar-refractivity contribution < 1.29 is 19.2 Å². The van der Waals surface area contributed by atoms with E-state index in [-0.39, 0.29) is 27.3 Å². The fourth-order valence-corrected chi connectivity index (χ4v) is 3.46. The molecule has 0 aliphatic rings. The molecule has 3 aromatic rings. The monoisotopic (exact) mass is 461 g/mol. The van der Waals surface area contributed by atoms with Gasteiger partial charge < -0.3 is 10.1 Å². The summed E-state index contributed by atoms with van der Waals surface area (Å²) in [7, 11) is 1.52. The van der Waals surface area contributed by atoms with Crippen LogP contribution in [0.25, 0.3) is 0 Å². The molecule has 0 radical (unpaired) electrons. The van der Waals surface area contributed by atoms with Crippen LogP contribution in [0.3, 0.4) is 0 Å². The molecule has 2 N–H and O–H groups in total. The molecule has 31 heavy (non-hydrogen) atoms. The summed E-state index contributed by atoms with van der Waals surface area (Å²) >= 11 is 7.09. The number of nitrogens with zero attached hydrogens (tertiary/aromatic N) is 3. The average molecular weight is 462 g/mol. The van der Waals surface area contributed by atoms with E-state index in [0.717, 1.165) is 17.4 Å². The van der Waals surface area contributed by atoms with E-state index >= 15 is 0 Å². The van der Waals surface area contributed by atoms with Gasteiger partial charge in [-0.2, -0.15) is 0 Å². The summed E-state index contributed by atoms with van der Waals surface area (Å²) in [6.07, 6.45) is 0.404. The Morgan fingerprint density at radius 3 is 2.74 bits per heavy atom. The van der Waals surface area contributed by atoms with Crippen LogP contribution in [0.15, 0.2) is 42.5 Å². The van der Waals surface area contributed by atoms with Crippen LogP contribution >= 0.6 is 22.9 Å². The van der Waals surface area contributed by atoms with Crippen LogP contribution in [-0.4, -0.2) is 40.6 Å². The number of carbonyl (C=O) groups is 2. The number of carbonyl (C=O) groups excluding carboxylic acids is 2. The number of hydrogen-bond acceptors (Lipinski definition) is 8. The summed E-state index contributed by atoms with van der Waals surface area (Å²) in [6.45, 7) is 0.315. The Kier molecular flexibility index (Phi) is 7.11. The second kappa shape index (κ2) is 9.96. The number of nitro groups is 1. The highest BCUT2D eigenvalue weighted by Gasteiger charge is 2.17. The fraction of sp³-hybridized carbons (Fsp3) is 0.158. The summed E-state index contributed by atoms with van der Waals surface area (Å²) in [5.74, 6) is -0.305. The third-order valence-corrected chi connectivity index (χ3v) is 5.28. The molecular weight excluding hydrogens is 446 g/mol. The predicted molar refractivity (Wildman–Crippen MR) is 115 cm³/mol. The lowest BCUT2D eigenvalue weighted by atomic mass is 10.2. The number of halogens is 1. The highest BCUT2D eigenvalue weighted by Crippen LogP contribution is 2.24. The lowest BCUT2D eigenvalue weighted by Crippen LogP contribution is -2.25. The predicted octanol–water partition coefficient (Wildman–Crippen LogP) is 3.33. The minimum Gasteiger partial charge on any atom is -0.497 e. The van der Waals surface area contributed by atoms with Crippen LogP contribution < -0.4 is 15.4 Å². The summed E-state index contributed by atoms with van der Waals surface area (Å²) in [6, 6.07) is 10.4. The van der Waals surface area contributed by atoms with Gasteiger partial charge in [-0.3, -0.25) is 25.0 Å². The molecule has 160 valence electrons. The van der Waals surface area contributed by atoms with E-state index in [1.54, 1.807) is 24.3 Å². The maximum atomic E-state index is 12.4. The Morgan fingerprint density at radius 1 is 1.19 bits per heavy atom. The van der Waals surface area contributed by atoms with E-state index in [1.165, 1.54) is 19.2 Å². The molecule has 0 saturated heterocycles. The minimum absolute atomic E-state index is 0.0434. The zero-order chi connectivity index (χ0) is 22.4. The molecule has 0 saturated carbocycles. The van der Waals surface area contributed by atoms with Crippen molar-refractivity contribution in [1.82, 2.24) is 15.5 Å². The summed E-state index contributed by atoms with van der Waals surface area (Å²) < 4.78 is 5.10. The van der Waals surface area contributed by atoms with E-state index in [1.807, 2.05) is 0 Å². The van der Waals surface area contributed by atoms with Gasteiger partial charge >= 0.3 is 0 Å². The molecule has 0 aliphatic heterocycles. The van der Waals surface area contributed by atoms with Gasteiger partial charge in [-0.25, -0.2) is 0 Å². The number of benzene rings is 2. The van der Waals surface area contributed by atoms with Crippen molar-refractivity contribution >= 4 is 45.6 Å². The molecule has 0 unspecified atom stereocenters. The van der Waals surface area contributed by atoms with Crippen LogP contribution in [-0.2, 0) is 6.42 Å². The van der Waals surface area contributed by atoms with E-state index in [4.69, 9.17) is 16.3 Å². The van der Waals surface area contributed by atoms with Crippen molar-refractivity contribution in [2.75, 3.05) is 19.0 Å². The Hall–Kier alpha value is -3.57. The fourth-order valence-electron chi connectivity index (χ4n) is 2.52. The molecule has 0 aliphatic carbocycles. The van der Waals surface area contributed by atoms with Gasteiger partial charge in [0.05, 0.1) is 22.6 Å². The SMILES string of the molecule is COc1cccc(C(=O)NCCc2nnc(NC(=O)c3cc([N+](=O)[O-])ccc3Cl)s2)c1. The number of non-ortho nitro benzene ring substituents is 1. The molecule has 3 rings (SSSR count). The molecular formula is C19H16ClN5O5S. The molecule has 0 spiro atoms. The molecule has 12 heteroatoms. The third kappa shape index (κ3) is 5.74. The molecule has 10 nitrogen and oxygen atoms in total. The number of nitrogens with one attached hydrogen (secondary N) is 2. The zero-order valence-electron chi connectivity index (χ0n) is 16.1. The Labute approximate surface area is 185 Å². The summed E-state index contributed by atoms with van der Waals surface area (Å²) in [5, 5.41) is 24.9. The first-order chi connectivity index (χ1) is 14.9. The van der Waals surface area contributed by atoms with E-state index in [0.29, 0.717) is 29.3 Å². The van der Waals surface area contributed by atoms with Gasteiger partial charge in [-0.05, 0) is 24.3 Å². The first-order valence-corrected chi connectivity index (χ1v) is 10.1. The van der Waals surface area contributed by atoms with Crippen molar-refractivity contribution in [2.45, 2.75) is 6.42 Å². The van der Waals surface area contributed by atoms with Crippen LogP contribution in [0, 0.1) is 10.1 Å². The highest BCUT2D eigenvalue weighted by atomic mass is 35.5. The van der Waals surface area contributed by atoms with Crippen LogP contribution in [0.5, 0.6) is 5.75 Å². The Balaban J connectivity index is 1.56. The molecule has 0 atom stereocenters. The minimum atomic E-state index is -0.636. The largest absolute Gasteiger partial charge is 0.497 e. The molecule has 2 amide bonds. The van der Waals surface area contributed by atoms with Crippen LogP contribution in [0.1, 0.15) is 25.7 Å². The number of anilines is 1. The average Bonchev–Trinajstić information content (AvgIpc) is 3.20. The van der Waals surface area contributed by atoms with Gasteiger partial charge in [0.1, 0.15) is 10.8 Å². The summed E-state index contributed by atoms with van der Waals surface area (Å²) in [5.41, 5.74) is 0.177. The second-order valence-corrected chi connectivity index (χ2v) is 7.58. The number of hydrogen-bond donors (Lipinski definition) is 2. The van der Waals surface area contributed by atoms with E-state index < -0.39 is 10.8 Å². The van der Waals surface area contributed by atoms with Crippen LogP contribution in [0.2, 0.25) is 5.02 Å². The lowest BCUT2D eigenvalue weighted by molar-refractivity contribution is -0.384. The maximum Gasteiger partial charge on any atom is 0.270 e. The van der Waals surface area contributed by atoms with Gasteiger partial charge in [0.2, 0.25) is 5.13 Å². The van der Waals surface area contributed by atoms with Crippen molar-refractivity contribution in [1.29, 1.82) is 0 Å².